The van der Waals surface area contributed by atoms with Crippen LogP contribution in [0.3, 0.4) is 0 Å². The number of halogens is 3. The van der Waals surface area contributed by atoms with Crippen LogP contribution in [0.5, 0.6) is 0 Å². The van der Waals surface area contributed by atoms with Gasteiger partial charge in [-0.05, 0) is 41.4 Å². The standard InChI is InChI=1S/C15H18BrClFN3O3/c1-4-15(2,12(22)13(16)18)21-14(23)8-5-9(7-20-24-3)11(19)10(17)6-8/h5-7,13H,4,19H2,1-3H3,(H,21,23)/b20-7+. The van der Waals surface area contributed by atoms with Crippen molar-refractivity contribution in [2.75, 3.05) is 12.8 Å². The van der Waals surface area contributed by atoms with Gasteiger partial charge in [-0.2, -0.15) is 0 Å². The van der Waals surface area contributed by atoms with Gasteiger partial charge in [-0.15, -0.1) is 0 Å². The van der Waals surface area contributed by atoms with Crippen LogP contribution in [-0.4, -0.2) is 35.6 Å². The molecule has 0 saturated heterocycles. The van der Waals surface area contributed by atoms with Crippen molar-refractivity contribution in [3.63, 3.8) is 0 Å². The summed E-state index contributed by atoms with van der Waals surface area (Å²) >= 11 is 8.61. The van der Waals surface area contributed by atoms with E-state index in [1.807, 2.05) is 0 Å². The number of nitrogens with one attached hydrogen (secondary N) is 1. The largest absolute Gasteiger partial charge is 0.399 e. The van der Waals surface area contributed by atoms with Crippen LogP contribution in [0, 0.1) is 0 Å². The zero-order valence-corrected chi connectivity index (χ0v) is 15.7. The van der Waals surface area contributed by atoms with Gasteiger partial charge in [0, 0.05) is 11.1 Å². The summed E-state index contributed by atoms with van der Waals surface area (Å²) in [5, 5.41) is 4.39. The van der Waals surface area contributed by atoms with E-state index in [0.29, 0.717) is 5.56 Å². The van der Waals surface area contributed by atoms with E-state index in [1.165, 1.54) is 32.4 Å². The van der Waals surface area contributed by atoms with E-state index >= 15 is 0 Å². The maximum atomic E-state index is 13.3. The van der Waals surface area contributed by atoms with Gasteiger partial charge in [0.05, 0.1) is 22.5 Å². The number of nitrogens with two attached hydrogens (primary N) is 1. The van der Waals surface area contributed by atoms with Gasteiger partial charge < -0.3 is 15.9 Å². The molecule has 0 fully saturated rings. The first-order valence-electron chi connectivity index (χ1n) is 6.96. The second kappa shape index (κ2) is 8.43. The normalized spacial score (nSPS) is 14.9. The third-order valence-corrected chi connectivity index (χ3v) is 4.29. The summed E-state index contributed by atoms with van der Waals surface area (Å²) in [5.74, 6) is -1.36. The highest BCUT2D eigenvalue weighted by Crippen LogP contribution is 2.25. The molecule has 24 heavy (non-hydrogen) atoms. The molecule has 0 bridgehead atoms. The molecule has 2 atom stereocenters. The van der Waals surface area contributed by atoms with E-state index in [4.69, 9.17) is 17.3 Å². The van der Waals surface area contributed by atoms with E-state index in [1.54, 1.807) is 6.92 Å². The summed E-state index contributed by atoms with van der Waals surface area (Å²) in [5.41, 5.74) is 5.21. The monoisotopic (exact) mass is 421 g/mol. The molecule has 0 saturated carbocycles. The number of oxime groups is 1. The number of ketones is 1. The molecule has 1 amide bonds. The van der Waals surface area contributed by atoms with Gasteiger partial charge in [0.15, 0.2) is 0 Å². The summed E-state index contributed by atoms with van der Waals surface area (Å²) in [6, 6.07) is 2.80. The molecule has 0 aromatic heterocycles. The van der Waals surface area contributed by atoms with Gasteiger partial charge in [-0.25, -0.2) is 4.39 Å². The Labute approximate surface area is 152 Å². The van der Waals surface area contributed by atoms with Gasteiger partial charge >= 0.3 is 0 Å². The highest BCUT2D eigenvalue weighted by molar-refractivity contribution is 9.09. The average Bonchev–Trinajstić information content (AvgIpc) is 2.54. The molecule has 0 aliphatic heterocycles. The Morgan fingerprint density at radius 3 is 2.71 bits per heavy atom. The SMILES string of the molecule is CCC(C)(NC(=O)c1cc(Cl)c(N)c(/C=N/OC)c1)C(=O)C(F)Br. The third-order valence-electron chi connectivity index (χ3n) is 3.56. The molecule has 1 rings (SSSR count). The Kier molecular flexibility index (Phi) is 7.16. The molecule has 132 valence electrons. The number of rotatable bonds is 7. The van der Waals surface area contributed by atoms with E-state index in [-0.39, 0.29) is 22.7 Å². The smallest absolute Gasteiger partial charge is 0.252 e. The van der Waals surface area contributed by atoms with Gasteiger partial charge in [0.2, 0.25) is 10.9 Å². The Hall–Kier alpha value is -1.67. The lowest BCUT2D eigenvalue weighted by atomic mass is 9.93. The summed E-state index contributed by atoms with van der Waals surface area (Å²) in [4.78, 5) is 29.0. The predicted molar refractivity (Wildman–Crippen MR) is 95.5 cm³/mol. The first-order chi connectivity index (χ1) is 11.2. The number of benzene rings is 1. The number of alkyl halides is 2. The van der Waals surface area contributed by atoms with Crippen LogP contribution in [0.1, 0.15) is 36.2 Å². The summed E-state index contributed by atoms with van der Waals surface area (Å²) in [6.07, 6.45) is 1.52. The van der Waals surface area contributed by atoms with E-state index in [2.05, 4.69) is 31.2 Å². The lowest BCUT2D eigenvalue weighted by molar-refractivity contribution is -0.126. The number of hydrogen-bond acceptors (Lipinski definition) is 5. The van der Waals surface area contributed by atoms with Gasteiger partial charge in [0.25, 0.3) is 5.91 Å². The molecule has 0 heterocycles. The number of carbonyl (C=O) groups is 2. The molecule has 9 heteroatoms. The fraction of sp³-hybridized carbons (Fsp3) is 0.400. The molecule has 2 unspecified atom stereocenters. The second-order valence-corrected chi connectivity index (χ2v) is 6.39. The molecule has 3 N–H and O–H groups in total. The van der Waals surface area contributed by atoms with Crippen molar-refractivity contribution in [1.29, 1.82) is 0 Å². The lowest BCUT2D eigenvalue weighted by Crippen LogP contribution is -2.53. The number of anilines is 1. The first kappa shape index (κ1) is 20.4. The Balaban J connectivity index is 3.17. The van der Waals surface area contributed by atoms with Crippen LogP contribution in [0.4, 0.5) is 10.1 Å². The second-order valence-electron chi connectivity index (χ2n) is 5.18. The van der Waals surface area contributed by atoms with Crippen LogP contribution in [0.15, 0.2) is 17.3 Å². The zero-order chi connectivity index (χ0) is 18.5. The highest BCUT2D eigenvalue weighted by Gasteiger charge is 2.37. The van der Waals surface area contributed by atoms with Gasteiger partial charge in [0.1, 0.15) is 7.11 Å². The van der Waals surface area contributed by atoms with Crippen LogP contribution in [-0.2, 0) is 9.63 Å². The molecule has 0 aliphatic rings. The quantitative estimate of drug-likeness (QED) is 0.306. The van der Waals surface area contributed by atoms with Crippen molar-refractivity contribution in [1.82, 2.24) is 5.32 Å². The van der Waals surface area contributed by atoms with E-state index in [9.17, 15) is 14.0 Å². The van der Waals surface area contributed by atoms with Crippen LogP contribution < -0.4 is 11.1 Å². The Bertz CT molecular complexity index is 670. The Morgan fingerprint density at radius 2 is 2.21 bits per heavy atom. The van der Waals surface area contributed by atoms with Crippen molar-refractivity contribution < 1.29 is 18.8 Å². The van der Waals surface area contributed by atoms with Crippen LogP contribution in [0.2, 0.25) is 5.02 Å². The van der Waals surface area contributed by atoms with E-state index < -0.39 is 22.3 Å². The molecule has 1 aromatic rings. The molecular weight excluding hydrogens is 405 g/mol. The maximum Gasteiger partial charge on any atom is 0.252 e. The molecule has 6 nitrogen and oxygen atoms in total. The fourth-order valence-corrected chi connectivity index (χ4v) is 2.61. The highest BCUT2D eigenvalue weighted by atomic mass is 79.9. The minimum absolute atomic E-state index is 0.147. The number of nitrogen functional groups attached to an aromatic ring is 1. The first-order valence-corrected chi connectivity index (χ1v) is 8.26. The van der Waals surface area contributed by atoms with Gasteiger partial charge in [-0.1, -0.05) is 23.7 Å². The molecule has 1 aromatic carbocycles. The van der Waals surface area contributed by atoms with Crippen molar-refractivity contribution >= 4 is 51.1 Å². The van der Waals surface area contributed by atoms with Crippen molar-refractivity contribution in [2.24, 2.45) is 5.16 Å². The van der Waals surface area contributed by atoms with Crippen LogP contribution >= 0.6 is 27.5 Å². The number of nitrogens with zero attached hydrogens (tertiary/aromatic N) is 1. The minimum atomic E-state index is -1.87. The summed E-state index contributed by atoms with van der Waals surface area (Å²) < 4.78 is 13.3. The maximum absolute atomic E-state index is 13.3. The third kappa shape index (κ3) is 4.67. The number of carbonyl (C=O) groups excluding carboxylic acids is 2. The molecular formula is C15H18BrClFN3O3. The molecule has 0 spiro atoms. The van der Waals surface area contributed by atoms with E-state index in [0.717, 1.165) is 0 Å². The number of hydrogen-bond donors (Lipinski definition) is 2. The van der Waals surface area contributed by atoms with Crippen molar-refractivity contribution in [3.8, 4) is 0 Å². The molecule has 0 radical (unpaired) electrons. The Morgan fingerprint density at radius 1 is 1.58 bits per heavy atom. The van der Waals surface area contributed by atoms with Gasteiger partial charge in [-0.3, -0.25) is 9.59 Å². The topological polar surface area (TPSA) is 93.8 Å². The summed E-state index contributed by atoms with van der Waals surface area (Å²) in [6.45, 7) is 3.12. The number of amides is 1. The predicted octanol–water partition coefficient (Wildman–Crippen LogP) is 3.06. The number of Topliss-reactive ketones (excluding diaryl/α,β-unsaturated/α-hetero) is 1. The fourth-order valence-electron chi connectivity index (χ4n) is 1.87. The van der Waals surface area contributed by atoms with Crippen molar-refractivity contribution in [2.45, 2.75) is 30.9 Å². The zero-order valence-electron chi connectivity index (χ0n) is 13.4. The van der Waals surface area contributed by atoms with Crippen molar-refractivity contribution in [3.05, 3.63) is 28.3 Å². The minimum Gasteiger partial charge on any atom is -0.399 e. The molecule has 0 aliphatic carbocycles. The van der Waals surface area contributed by atoms with Crippen LogP contribution in [0.25, 0.3) is 0 Å². The summed E-state index contributed by atoms with van der Waals surface area (Å²) in [7, 11) is 1.36. The average molecular weight is 423 g/mol. The lowest BCUT2D eigenvalue weighted by Gasteiger charge is -2.28.